The molecule has 0 saturated carbocycles. The highest BCUT2D eigenvalue weighted by Gasteiger charge is 2.00. The fourth-order valence-corrected chi connectivity index (χ4v) is 2.55. The SMILES string of the molecule is CCCCCCOc1ccc(-c2ccc(CCOC)cc2)cc1. The van der Waals surface area contributed by atoms with Gasteiger partial charge in [-0.2, -0.15) is 0 Å². The Kier molecular flexibility index (Phi) is 7.68. The molecule has 0 spiro atoms. The largest absolute Gasteiger partial charge is 0.494 e. The molecule has 2 nitrogen and oxygen atoms in total. The van der Waals surface area contributed by atoms with E-state index >= 15 is 0 Å². The molecule has 0 bridgehead atoms. The predicted molar refractivity (Wildman–Crippen MR) is 97.1 cm³/mol. The second-order valence-corrected chi connectivity index (χ2v) is 5.87. The highest BCUT2D eigenvalue weighted by Crippen LogP contribution is 2.23. The van der Waals surface area contributed by atoms with Crippen LogP contribution in [0.15, 0.2) is 48.5 Å². The smallest absolute Gasteiger partial charge is 0.119 e. The van der Waals surface area contributed by atoms with E-state index in [0.29, 0.717) is 0 Å². The zero-order valence-electron chi connectivity index (χ0n) is 14.4. The molecule has 0 fully saturated rings. The molecule has 0 N–H and O–H groups in total. The summed E-state index contributed by atoms with van der Waals surface area (Å²) in [5, 5.41) is 0. The molecule has 23 heavy (non-hydrogen) atoms. The van der Waals surface area contributed by atoms with E-state index in [1.54, 1.807) is 7.11 Å². The van der Waals surface area contributed by atoms with E-state index in [1.165, 1.54) is 36.0 Å². The molecule has 2 heteroatoms. The van der Waals surface area contributed by atoms with Crippen LogP contribution in [0.3, 0.4) is 0 Å². The lowest BCUT2D eigenvalue weighted by Gasteiger charge is -2.08. The Morgan fingerprint density at radius 1 is 0.739 bits per heavy atom. The number of ether oxygens (including phenoxy) is 2. The highest BCUT2D eigenvalue weighted by atomic mass is 16.5. The summed E-state index contributed by atoms with van der Waals surface area (Å²) in [6.45, 7) is 3.81. The number of rotatable bonds is 10. The summed E-state index contributed by atoms with van der Waals surface area (Å²) in [4.78, 5) is 0. The predicted octanol–water partition coefficient (Wildman–Crippen LogP) is 5.50. The number of hydrogen-bond acceptors (Lipinski definition) is 2. The van der Waals surface area contributed by atoms with Gasteiger partial charge in [-0.1, -0.05) is 62.6 Å². The molecule has 0 amide bonds. The van der Waals surface area contributed by atoms with Crippen LogP contribution in [-0.4, -0.2) is 20.3 Å². The van der Waals surface area contributed by atoms with E-state index in [2.05, 4.69) is 55.5 Å². The molecule has 0 saturated heterocycles. The Labute approximate surface area is 140 Å². The Morgan fingerprint density at radius 2 is 1.39 bits per heavy atom. The van der Waals surface area contributed by atoms with Crippen molar-refractivity contribution >= 4 is 0 Å². The standard InChI is InChI=1S/C21H28O2/c1-3-4-5-6-16-23-21-13-11-20(12-14-21)19-9-7-18(8-10-19)15-17-22-2/h7-14H,3-6,15-17H2,1-2H3. The van der Waals surface area contributed by atoms with Crippen LogP contribution in [0.1, 0.15) is 38.2 Å². The summed E-state index contributed by atoms with van der Waals surface area (Å²) in [7, 11) is 1.74. The van der Waals surface area contributed by atoms with E-state index in [0.717, 1.165) is 31.8 Å². The van der Waals surface area contributed by atoms with Crippen molar-refractivity contribution < 1.29 is 9.47 Å². The van der Waals surface area contributed by atoms with Crippen molar-refractivity contribution in [2.24, 2.45) is 0 Å². The minimum atomic E-state index is 0.767. The van der Waals surface area contributed by atoms with Gasteiger partial charge in [-0.15, -0.1) is 0 Å². The highest BCUT2D eigenvalue weighted by molar-refractivity contribution is 5.64. The van der Waals surface area contributed by atoms with Crippen LogP contribution < -0.4 is 4.74 Å². The van der Waals surface area contributed by atoms with Gasteiger partial charge in [0.15, 0.2) is 0 Å². The van der Waals surface area contributed by atoms with Crippen molar-refractivity contribution in [1.29, 1.82) is 0 Å². The molecule has 0 aliphatic carbocycles. The van der Waals surface area contributed by atoms with E-state index in [4.69, 9.17) is 9.47 Å². The van der Waals surface area contributed by atoms with Crippen LogP contribution in [0.25, 0.3) is 11.1 Å². The first kappa shape index (κ1) is 17.6. The van der Waals surface area contributed by atoms with Gasteiger partial charge in [-0.3, -0.25) is 0 Å². The van der Waals surface area contributed by atoms with Crippen LogP contribution >= 0.6 is 0 Å². The molecule has 0 atom stereocenters. The van der Waals surface area contributed by atoms with Crippen LogP contribution in [0, 0.1) is 0 Å². The molecule has 2 rings (SSSR count). The molecule has 2 aromatic carbocycles. The van der Waals surface area contributed by atoms with Gasteiger partial charge >= 0.3 is 0 Å². The third-order valence-electron chi connectivity index (χ3n) is 4.00. The van der Waals surface area contributed by atoms with Gasteiger partial charge in [0.25, 0.3) is 0 Å². The third kappa shape index (κ3) is 6.07. The molecule has 2 aromatic rings. The fraction of sp³-hybridized carbons (Fsp3) is 0.429. The second kappa shape index (κ2) is 10.1. The maximum Gasteiger partial charge on any atom is 0.119 e. The maximum absolute atomic E-state index is 5.79. The molecule has 0 aromatic heterocycles. The Morgan fingerprint density at radius 3 is 2.00 bits per heavy atom. The molecule has 0 aliphatic rings. The van der Waals surface area contributed by atoms with Gasteiger partial charge in [0.1, 0.15) is 5.75 Å². The van der Waals surface area contributed by atoms with Crippen LogP contribution in [0.2, 0.25) is 0 Å². The van der Waals surface area contributed by atoms with Crippen LogP contribution in [-0.2, 0) is 11.2 Å². The normalized spacial score (nSPS) is 10.7. The summed E-state index contributed by atoms with van der Waals surface area (Å²) < 4.78 is 10.9. The van der Waals surface area contributed by atoms with Crippen LogP contribution in [0.4, 0.5) is 0 Å². The Bertz CT molecular complexity index is 543. The quantitative estimate of drug-likeness (QED) is 0.539. The van der Waals surface area contributed by atoms with Crippen molar-refractivity contribution in [2.75, 3.05) is 20.3 Å². The topological polar surface area (TPSA) is 18.5 Å². The number of benzene rings is 2. The van der Waals surface area contributed by atoms with E-state index in [1.807, 2.05) is 0 Å². The van der Waals surface area contributed by atoms with E-state index in [-0.39, 0.29) is 0 Å². The van der Waals surface area contributed by atoms with E-state index < -0.39 is 0 Å². The average molecular weight is 312 g/mol. The van der Waals surface area contributed by atoms with E-state index in [9.17, 15) is 0 Å². The lowest BCUT2D eigenvalue weighted by Crippen LogP contribution is -1.97. The number of hydrogen-bond donors (Lipinski definition) is 0. The van der Waals surface area contributed by atoms with Gasteiger partial charge in [0, 0.05) is 7.11 Å². The average Bonchev–Trinajstić information content (AvgIpc) is 2.61. The molecule has 0 unspecified atom stereocenters. The van der Waals surface area contributed by atoms with Gasteiger partial charge in [-0.05, 0) is 41.7 Å². The van der Waals surface area contributed by atoms with Crippen molar-refractivity contribution in [3.63, 3.8) is 0 Å². The van der Waals surface area contributed by atoms with Crippen molar-refractivity contribution in [3.8, 4) is 16.9 Å². The van der Waals surface area contributed by atoms with Gasteiger partial charge in [0.05, 0.1) is 13.2 Å². The Hall–Kier alpha value is -1.80. The maximum atomic E-state index is 5.79. The lowest BCUT2D eigenvalue weighted by atomic mass is 10.0. The first-order valence-electron chi connectivity index (χ1n) is 8.64. The van der Waals surface area contributed by atoms with Crippen molar-refractivity contribution in [1.82, 2.24) is 0 Å². The van der Waals surface area contributed by atoms with Crippen LogP contribution in [0.5, 0.6) is 5.75 Å². The zero-order chi connectivity index (χ0) is 16.3. The summed E-state index contributed by atoms with van der Waals surface area (Å²) in [6, 6.07) is 17.1. The number of unbranched alkanes of at least 4 members (excludes halogenated alkanes) is 3. The van der Waals surface area contributed by atoms with Crippen molar-refractivity contribution in [3.05, 3.63) is 54.1 Å². The van der Waals surface area contributed by atoms with Gasteiger partial charge in [-0.25, -0.2) is 0 Å². The zero-order valence-corrected chi connectivity index (χ0v) is 14.4. The summed E-state index contributed by atoms with van der Waals surface area (Å²) in [6.07, 6.45) is 5.91. The fourth-order valence-electron chi connectivity index (χ4n) is 2.55. The lowest BCUT2D eigenvalue weighted by molar-refractivity contribution is 0.202. The summed E-state index contributed by atoms with van der Waals surface area (Å²) in [5.74, 6) is 0.960. The number of methoxy groups -OCH3 is 1. The van der Waals surface area contributed by atoms with Crippen molar-refractivity contribution in [2.45, 2.75) is 39.0 Å². The monoisotopic (exact) mass is 312 g/mol. The molecule has 0 heterocycles. The van der Waals surface area contributed by atoms with Gasteiger partial charge in [0.2, 0.25) is 0 Å². The summed E-state index contributed by atoms with van der Waals surface area (Å²) in [5.41, 5.74) is 3.77. The summed E-state index contributed by atoms with van der Waals surface area (Å²) >= 11 is 0. The molecular weight excluding hydrogens is 284 g/mol. The molecule has 0 aliphatic heterocycles. The van der Waals surface area contributed by atoms with Gasteiger partial charge < -0.3 is 9.47 Å². The molecule has 0 radical (unpaired) electrons. The third-order valence-corrected chi connectivity index (χ3v) is 4.00. The first-order valence-corrected chi connectivity index (χ1v) is 8.64. The second-order valence-electron chi connectivity index (χ2n) is 5.87. The minimum absolute atomic E-state index is 0.767. The minimum Gasteiger partial charge on any atom is -0.494 e. The molecule has 124 valence electrons. The molecular formula is C21H28O2. The Balaban J connectivity index is 1.86. The first-order chi connectivity index (χ1) is 11.3.